The fraction of sp³-hybridized carbons (Fsp3) is 0.400. The van der Waals surface area contributed by atoms with E-state index in [1.807, 2.05) is 41.6 Å². The Morgan fingerprint density at radius 3 is 2.90 bits per heavy atom. The van der Waals surface area contributed by atoms with E-state index in [-0.39, 0.29) is 18.1 Å². The number of urea groups is 1. The lowest BCUT2D eigenvalue weighted by atomic mass is 10.1. The lowest BCUT2D eigenvalue weighted by molar-refractivity contribution is 0.241. The van der Waals surface area contributed by atoms with Crippen molar-refractivity contribution in [3.8, 4) is 0 Å². The molecule has 6 nitrogen and oxygen atoms in total. The molecule has 0 radical (unpaired) electrons. The first-order valence-electron chi connectivity index (χ1n) is 7.09. The molecule has 2 atom stereocenters. The summed E-state index contributed by atoms with van der Waals surface area (Å²) in [5, 5.41) is 10.9. The molecule has 2 unspecified atom stereocenters. The van der Waals surface area contributed by atoms with Gasteiger partial charge in [0.2, 0.25) is 0 Å². The van der Waals surface area contributed by atoms with Crippen LogP contribution in [0.4, 0.5) is 10.5 Å². The number of fused-ring (bicyclic) bond motifs is 1. The van der Waals surface area contributed by atoms with E-state index >= 15 is 0 Å². The summed E-state index contributed by atoms with van der Waals surface area (Å²) in [6, 6.07) is 7.91. The van der Waals surface area contributed by atoms with Gasteiger partial charge in [0.05, 0.1) is 6.04 Å². The summed E-state index contributed by atoms with van der Waals surface area (Å²) in [6.45, 7) is 3.97. The molecule has 1 aliphatic heterocycles. The van der Waals surface area contributed by atoms with Crippen molar-refractivity contribution in [2.75, 3.05) is 4.90 Å². The highest BCUT2D eigenvalue weighted by Crippen LogP contribution is 2.31. The minimum absolute atomic E-state index is 0.0945. The molecule has 1 N–H and O–H groups in total. The van der Waals surface area contributed by atoms with Gasteiger partial charge in [-0.3, -0.25) is 4.90 Å². The zero-order chi connectivity index (χ0) is 15.0. The predicted molar refractivity (Wildman–Crippen MR) is 80.0 cm³/mol. The molecule has 6 heteroatoms. The lowest BCUT2D eigenvalue weighted by Crippen LogP contribution is -2.44. The third kappa shape index (κ3) is 2.37. The van der Waals surface area contributed by atoms with Gasteiger partial charge in [-0.1, -0.05) is 18.2 Å². The van der Waals surface area contributed by atoms with E-state index < -0.39 is 0 Å². The topological polar surface area (TPSA) is 63.1 Å². The van der Waals surface area contributed by atoms with Gasteiger partial charge >= 0.3 is 6.03 Å². The van der Waals surface area contributed by atoms with E-state index in [0.717, 1.165) is 17.9 Å². The van der Waals surface area contributed by atoms with E-state index in [1.54, 1.807) is 6.33 Å². The molecule has 1 aromatic carbocycles. The van der Waals surface area contributed by atoms with Gasteiger partial charge in [0.15, 0.2) is 5.82 Å². The summed E-state index contributed by atoms with van der Waals surface area (Å²) in [5.74, 6) is 0.739. The number of nitrogens with one attached hydrogen (secondary N) is 1. The van der Waals surface area contributed by atoms with Crippen molar-refractivity contribution in [1.82, 2.24) is 20.1 Å². The first-order chi connectivity index (χ1) is 10.1. The number of hydrogen-bond donors (Lipinski definition) is 1. The average molecular weight is 285 g/mol. The van der Waals surface area contributed by atoms with Crippen molar-refractivity contribution in [1.29, 1.82) is 0 Å². The molecule has 2 aromatic rings. The largest absolute Gasteiger partial charge is 0.328 e. The van der Waals surface area contributed by atoms with Crippen LogP contribution in [0.25, 0.3) is 0 Å². The molecule has 0 spiro atoms. The second-order valence-corrected chi connectivity index (χ2v) is 5.52. The fourth-order valence-electron chi connectivity index (χ4n) is 2.88. The smallest absolute Gasteiger partial charge is 0.322 e. The van der Waals surface area contributed by atoms with Gasteiger partial charge in [-0.2, -0.15) is 0 Å². The molecule has 0 saturated heterocycles. The van der Waals surface area contributed by atoms with Gasteiger partial charge < -0.3 is 9.88 Å². The fourth-order valence-corrected chi connectivity index (χ4v) is 2.88. The van der Waals surface area contributed by atoms with Crippen molar-refractivity contribution in [2.24, 2.45) is 7.05 Å². The van der Waals surface area contributed by atoms with Gasteiger partial charge in [-0.15, -0.1) is 10.2 Å². The van der Waals surface area contributed by atoms with Crippen LogP contribution in [-0.2, 0) is 13.5 Å². The molecule has 21 heavy (non-hydrogen) atoms. The number of anilines is 1. The zero-order valence-electron chi connectivity index (χ0n) is 12.4. The van der Waals surface area contributed by atoms with Crippen LogP contribution in [0.3, 0.4) is 0 Å². The van der Waals surface area contributed by atoms with Crippen molar-refractivity contribution in [3.63, 3.8) is 0 Å². The predicted octanol–water partition coefficient (Wildman–Crippen LogP) is 2.04. The van der Waals surface area contributed by atoms with Crippen LogP contribution in [-0.4, -0.2) is 26.8 Å². The van der Waals surface area contributed by atoms with E-state index in [1.165, 1.54) is 5.56 Å². The Morgan fingerprint density at radius 1 is 1.43 bits per heavy atom. The number of benzene rings is 1. The Hall–Kier alpha value is -2.37. The zero-order valence-corrected chi connectivity index (χ0v) is 12.4. The third-order valence-corrected chi connectivity index (χ3v) is 3.90. The van der Waals surface area contributed by atoms with Crippen LogP contribution in [0.1, 0.15) is 31.3 Å². The summed E-state index contributed by atoms with van der Waals surface area (Å²) >= 11 is 0. The molecule has 2 amide bonds. The maximum atomic E-state index is 12.6. The number of amides is 2. The highest BCUT2D eigenvalue weighted by atomic mass is 16.2. The molecule has 0 bridgehead atoms. The van der Waals surface area contributed by atoms with Crippen LogP contribution >= 0.6 is 0 Å². The Morgan fingerprint density at radius 2 is 2.19 bits per heavy atom. The summed E-state index contributed by atoms with van der Waals surface area (Å²) < 4.78 is 1.81. The minimum Gasteiger partial charge on any atom is -0.328 e. The third-order valence-electron chi connectivity index (χ3n) is 3.90. The minimum atomic E-state index is -0.190. The van der Waals surface area contributed by atoms with Gasteiger partial charge in [0.1, 0.15) is 6.33 Å². The second-order valence-electron chi connectivity index (χ2n) is 5.52. The summed E-state index contributed by atoms with van der Waals surface area (Å²) in [6.07, 6.45) is 2.52. The highest BCUT2D eigenvalue weighted by molar-refractivity contribution is 5.95. The van der Waals surface area contributed by atoms with E-state index in [0.29, 0.717) is 0 Å². The number of aryl methyl sites for hydroxylation is 1. The number of para-hydroxylation sites is 1. The number of rotatable bonds is 2. The molecule has 0 fully saturated rings. The van der Waals surface area contributed by atoms with Gasteiger partial charge in [0.25, 0.3) is 0 Å². The standard InChI is InChI=1S/C15H19N5O/c1-10-8-12-6-4-5-7-13(12)20(10)15(21)17-11(2)14-18-16-9-19(14)3/h4-7,9-11H,8H2,1-3H3,(H,17,21). The monoisotopic (exact) mass is 285 g/mol. The molecule has 0 saturated carbocycles. The summed E-state index contributed by atoms with van der Waals surface area (Å²) in [7, 11) is 1.87. The van der Waals surface area contributed by atoms with E-state index in [4.69, 9.17) is 0 Å². The molecule has 1 aliphatic rings. The molecular weight excluding hydrogens is 266 g/mol. The van der Waals surface area contributed by atoms with Crippen LogP contribution in [0.15, 0.2) is 30.6 Å². The lowest BCUT2D eigenvalue weighted by Gasteiger charge is -2.25. The Labute approximate surface area is 123 Å². The van der Waals surface area contributed by atoms with Gasteiger partial charge in [-0.25, -0.2) is 4.79 Å². The quantitative estimate of drug-likeness (QED) is 0.918. The number of aromatic nitrogens is 3. The van der Waals surface area contributed by atoms with Crippen molar-refractivity contribution < 1.29 is 4.79 Å². The van der Waals surface area contributed by atoms with Crippen LogP contribution in [0.2, 0.25) is 0 Å². The van der Waals surface area contributed by atoms with Crippen molar-refractivity contribution >= 4 is 11.7 Å². The highest BCUT2D eigenvalue weighted by Gasteiger charge is 2.31. The Balaban J connectivity index is 1.78. The molecular formula is C15H19N5O. The van der Waals surface area contributed by atoms with Gasteiger partial charge in [-0.05, 0) is 31.9 Å². The molecule has 1 aromatic heterocycles. The first-order valence-corrected chi connectivity index (χ1v) is 7.09. The normalized spacial score (nSPS) is 18.4. The maximum Gasteiger partial charge on any atom is 0.322 e. The molecule has 0 aliphatic carbocycles. The van der Waals surface area contributed by atoms with Crippen LogP contribution in [0.5, 0.6) is 0 Å². The SMILES string of the molecule is CC(NC(=O)N1c2ccccc2CC1C)c1nncn1C. The van der Waals surface area contributed by atoms with E-state index in [9.17, 15) is 4.79 Å². The Bertz CT molecular complexity index is 666. The van der Waals surface area contributed by atoms with Crippen molar-refractivity contribution in [2.45, 2.75) is 32.4 Å². The first kappa shape index (κ1) is 13.6. The van der Waals surface area contributed by atoms with Gasteiger partial charge in [0, 0.05) is 18.8 Å². The second kappa shape index (κ2) is 5.20. The van der Waals surface area contributed by atoms with Crippen LogP contribution in [0, 0.1) is 0 Å². The van der Waals surface area contributed by atoms with Crippen LogP contribution < -0.4 is 10.2 Å². The summed E-state index contributed by atoms with van der Waals surface area (Å²) in [4.78, 5) is 14.4. The summed E-state index contributed by atoms with van der Waals surface area (Å²) in [5.41, 5.74) is 2.21. The number of carbonyl (C=O) groups excluding carboxylic acids is 1. The maximum absolute atomic E-state index is 12.6. The Kier molecular flexibility index (Phi) is 3.37. The molecule has 110 valence electrons. The number of carbonyl (C=O) groups is 1. The van der Waals surface area contributed by atoms with Crippen molar-refractivity contribution in [3.05, 3.63) is 42.0 Å². The number of hydrogen-bond acceptors (Lipinski definition) is 3. The average Bonchev–Trinajstić information content (AvgIpc) is 3.00. The number of nitrogens with zero attached hydrogens (tertiary/aromatic N) is 4. The molecule has 2 heterocycles. The molecule has 3 rings (SSSR count). The van der Waals surface area contributed by atoms with E-state index in [2.05, 4.69) is 28.5 Å².